The van der Waals surface area contributed by atoms with Crippen LogP contribution >= 0.6 is 11.6 Å². The van der Waals surface area contributed by atoms with Crippen LogP contribution in [0.3, 0.4) is 0 Å². The summed E-state index contributed by atoms with van der Waals surface area (Å²) in [6, 6.07) is 4.77. The molecule has 3 aromatic rings. The summed E-state index contributed by atoms with van der Waals surface area (Å²) in [6.07, 6.45) is 1.60. The number of aromatic amines is 1. The molecule has 0 radical (unpaired) electrons. The van der Waals surface area contributed by atoms with E-state index in [9.17, 15) is 14.3 Å². The normalized spacial score (nSPS) is 13.5. The Morgan fingerprint density at radius 1 is 1.42 bits per heavy atom. The number of aromatic nitrogens is 3. The van der Waals surface area contributed by atoms with Gasteiger partial charge >= 0.3 is 6.03 Å². The van der Waals surface area contributed by atoms with Gasteiger partial charge in [0.05, 0.1) is 23.9 Å². The zero-order valence-corrected chi connectivity index (χ0v) is 17.7. The van der Waals surface area contributed by atoms with Gasteiger partial charge in [-0.3, -0.25) is 10.00 Å². The maximum atomic E-state index is 13.5. The van der Waals surface area contributed by atoms with E-state index in [1.165, 1.54) is 23.1 Å². The van der Waals surface area contributed by atoms with E-state index in [4.69, 9.17) is 20.9 Å². The lowest BCUT2D eigenvalue weighted by atomic mass is 10.1. The molecule has 0 unspecified atom stereocenters. The van der Waals surface area contributed by atoms with Gasteiger partial charge in [0.1, 0.15) is 17.1 Å². The summed E-state index contributed by atoms with van der Waals surface area (Å²) >= 11 is 5.82. The molecule has 0 aliphatic carbocycles. The number of urea groups is 1. The van der Waals surface area contributed by atoms with Crippen molar-refractivity contribution in [3.8, 4) is 5.88 Å². The lowest BCUT2D eigenvalue weighted by Crippen LogP contribution is -2.35. The van der Waals surface area contributed by atoms with E-state index in [1.807, 2.05) is 0 Å². The van der Waals surface area contributed by atoms with Gasteiger partial charge in [-0.2, -0.15) is 0 Å². The fraction of sp³-hybridized carbons (Fsp3) is 0.350. The first-order valence-electron chi connectivity index (χ1n) is 9.64. The zero-order valence-electron chi connectivity index (χ0n) is 16.9. The second kappa shape index (κ2) is 8.20. The minimum atomic E-state index is -1.25. The van der Waals surface area contributed by atoms with Gasteiger partial charge in [-0.05, 0) is 44.9 Å². The molecule has 0 saturated carbocycles. The van der Waals surface area contributed by atoms with Crippen LogP contribution in [-0.4, -0.2) is 33.1 Å². The SMILES string of the molecule is CC(C)(O)c1cc(N(Cc2[nH]nc3c2CCCO3)C(=O)Nc2ccc(F)c(Cl)c2)on1. The number of benzene rings is 1. The van der Waals surface area contributed by atoms with Crippen molar-refractivity contribution in [2.24, 2.45) is 0 Å². The van der Waals surface area contributed by atoms with Crippen LogP contribution in [0.5, 0.6) is 5.88 Å². The Morgan fingerprint density at radius 3 is 2.94 bits per heavy atom. The molecule has 0 bridgehead atoms. The van der Waals surface area contributed by atoms with Gasteiger partial charge in [-0.15, -0.1) is 5.10 Å². The summed E-state index contributed by atoms with van der Waals surface area (Å²) in [6.45, 7) is 3.78. The van der Waals surface area contributed by atoms with Crippen LogP contribution in [0.15, 0.2) is 28.8 Å². The second-order valence-corrected chi connectivity index (χ2v) is 8.10. The average Bonchev–Trinajstić information content (AvgIpc) is 3.36. The topological polar surface area (TPSA) is 117 Å². The fourth-order valence-corrected chi connectivity index (χ4v) is 3.34. The number of amides is 2. The second-order valence-electron chi connectivity index (χ2n) is 7.69. The number of nitrogens with one attached hydrogen (secondary N) is 2. The molecule has 0 fully saturated rings. The first kappa shape index (κ1) is 21.1. The van der Waals surface area contributed by atoms with E-state index in [2.05, 4.69) is 20.7 Å². The summed E-state index contributed by atoms with van der Waals surface area (Å²) in [5, 5.41) is 23.7. The molecule has 4 rings (SSSR count). The van der Waals surface area contributed by atoms with Crippen molar-refractivity contribution in [3.63, 3.8) is 0 Å². The molecule has 1 aromatic carbocycles. The average molecular weight is 450 g/mol. The molecule has 0 saturated heterocycles. The van der Waals surface area contributed by atoms with E-state index in [0.29, 0.717) is 23.9 Å². The van der Waals surface area contributed by atoms with Crippen LogP contribution in [0.25, 0.3) is 0 Å². The van der Waals surface area contributed by atoms with Crippen LogP contribution in [0.1, 0.15) is 37.2 Å². The number of hydrogen-bond acceptors (Lipinski definition) is 6. The molecule has 3 heterocycles. The first-order chi connectivity index (χ1) is 14.7. The van der Waals surface area contributed by atoms with E-state index in [1.54, 1.807) is 13.8 Å². The molecule has 0 spiro atoms. The predicted molar refractivity (Wildman–Crippen MR) is 111 cm³/mol. The maximum Gasteiger partial charge on any atom is 0.329 e. The Kier molecular flexibility index (Phi) is 5.59. The van der Waals surface area contributed by atoms with Crippen molar-refractivity contribution >= 4 is 29.2 Å². The monoisotopic (exact) mass is 449 g/mol. The summed E-state index contributed by atoms with van der Waals surface area (Å²) < 4.78 is 24.4. The number of anilines is 2. The van der Waals surface area contributed by atoms with Crippen LogP contribution < -0.4 is 15.0 Å². The zero-order chi connectivity index (χ0) is 22.2. The molecular formula is C20H21ClFN5O4. The van der Waals surface area contributed by atoms with Gasteiger partial charge < -0.3 is 19.7 Å². The van der Waals surface area contributed by atoms with Crippen LogP contribution in [0.2, 0.25) is 5.02 Å². The standard InChI is InChI=1S/C20H21ClFN5O4/c1-20(2,29)16-9-17(31-26-16)27(10-15-12-4-3-7-30-18(12)25-24-15)19(28)23-11-5-6-14(22)13(21)8-11/h5-6,8-9,29H,3-4,7,10H2,1-2H3,(H,23,28)(H,24,25). The third-order valence-corrected chi connectivity index (χ3v) is 5.14. The van der Waals surface area contributed by atoms with Crippen molar-refractivity contribution in [3.05, 3.63) is 52.1 Å². The highest BCUT2D eigenvalue weighted by Crippen LogP contribution is 2.30. The van der Waals surface area contributed by atoms with Gasteiger partial charge in [-0.1, -0.05) is 16.8 Å². The minimum Gasteiger partial charge on any atom is -0.476 e. The van der Waals surface area contributed by atoms with Crippen molar-refractivity contribution in [1.29, 1.82) is 0 Å². The highest BCUT2D eigenvalue weighted by molar-refractivity contribution is 6.31. The Bertz CT molecular complexity index is 1110. The first-order valence-corrected chi connectivity index (χ1v) is 10.0. The number of carbonyl (C=O) groups excluding carboxylic acids is 1. The lowest BCUT2D eigenvalue weighted by molar-refractivity contribution is 0.0701. The van der Waals surface area contributed by atoms with Gasteiger partial charge in [-0.25, -0.2) is 9.18 Å². The van der Waals surface area contributed by atoms with Crippen LogP contribution in [-0.2, 0) is 18.6 Å². The van der Waals surface area contributed by atoms with Crippen molar-refractivity contribution in [2.75, 3.05) is 16.8 Å². The summed E-state index contributed by atoms with van der Waals surface area (Å²) in [7, 11) is 0. The Balaban J connectivity index is 1.65. The highest BCUT2D eigenvalue weighted by atomic mass is 35.5. The number of fused-ring (bicyclic) bond motifs is 1. The van der Waals surface area contributed by atoms with E-state index < -0.39 is 17.4 Å². The smallest absolute Gasteiger partial charge is 0.329 e. The number of nitrogens with zero attached hydrogens (tertiary/aromatic N) is 3. The lowest BCUT2D eigenvalue weighted by Gasteiger charge is -2.21. The Hall–Kier alpha value is -3.11. The third kappa shape index (κ3) is 4.49. The third-order valence-electron chi connectivity index (χ3n) is 4.85. The van der Waals surface area contributed by atoms with Gasteiger partial charge in [0, 0.05) is 17.3 Å². The Morgan fingerprint density at radius 2 is 2.23 bits per heavy atom. The van der Waals surface area contributed by atoms with Crippen LogP contribution in [0.4, 0.5) is 20.8 Å². The molecule has 0 atom stereocenters. The number of rotatable bonds is 5. The molecule has 3 N–H and O–H groups in total. The summed E-state index contributed by atoms with van der Waals surface area (Å²) in [5.41, 5.74) is 0.882. The van der Waals surface area contributed by atoms with E-state index in [-0.39, 0.29) is 23.1 Å². The van der Waals surface area contributed by atoms with Gasteiger partial charge in [0.2, 0.25) is 11.8 Å². The largest absolute Gasteiger partial charge is 0.476 e. The molecule has 1 aliphatic heterocycles. The summed E-state index contributed by atoms with van der Waals surface area (Å²) in [5.74, 6) is 0.0373. The molecule has 9 nitrogen and oxygen atoms in total. The molecule has 164 valence electrons. The molecule has 1 aliphatic rings. The number of hydrogen-bond donors (Lipinski definition) is 3. The van der Waals surface area contributed by atoms with Crippen molar-refractivity contribution in [1.82, 2.24) is 15.4 Å². The van der Waals surface area contributed by atoms with E-state index >= 15 is 0 Å². The fourth-order valence-electron chi connectivity index (χ4n) is 3.16. The molecule has 2 amide bonds. The minimum absolute atomic E-state index is 0.0763. The summed E-state index contributed by atoms with van der Waals surface area (Å²) in [4.78, 5) is 14.4. The number of aliphatic hydroxyl groups is 1. The predicted octanol–water partition coefficient (Wildman–Crippen LogP) is 3.98. The maximum absolute atomic E-state index is 13.5. The Labute approximate surface area is 182 Å². The van der Waals surface area contributed by atoms with Crippen LogP contribution in [0, 0.1) is 5.82 Å². The quantitative estimate of drug-likeness (QED) is 0.542. The molecule has 11 heteroatoms. The number of H-pyrrole nitrogens is 1. The van der Waals surface area contributed by atoms with E-state index in [0.717, 1.165) is 24.5 Å². The highest BCUT2D eigenvalue weighted by Gasteiger charge is 2.28. The number of halogens is 2. The van der Waals surface area contributed by atoms with Crippen molar-refractivity contribution < 1.29 is 23.6 Å². The molecule has 2 aromatic heterocycles. The molecular weight excluding hydrogens is 429 g/mol. The number of ether oxygens (including phenoxy) is 1. The molecule has 31 heavy (non-hydrogen) atoms. The van der Waals surface area contributed by atoms with Gasteiger partial charge in [0.25, 0.3) is 0 Å². The number of carbonyl (C=O) groups is 1. The van der Waals surface area contributed by atoms with Gasteiger partial charge in [0.15, 0.2) is 0 Å². The van der Waals surface area contributed by atoms with Crippen molar-refractivity contribution in [2.45, 2.75) is 38.8 Å².